The maximum absolute atomic E-state index is 12.7. The molecule has 2 amide bonds. The molecular weight excluding hydrogens is 342 g/mol. The number of para-hydroxylation sites is 2. The standard InChI is InChI=1S/C22H15NO4/c1-14-8-2-3-9-15(14)22(26)27-19-13-7-6-12-18(19)23-20(24)16-10-4-5-11-17(16)21(23)25/h2-13H,1H3. The minimum absolute atomic E-state index is 0.153. The molecule has 1 heterocycles. The van der Waals surface area contributed by atoms with E-state index in [4.69, 9.17) is 4.74 Å². The summed E-state index contributed by atoms with van der Waals surface area (Å²) in [6, 6.07) is 20.2. The lowest BCUT2D eigenvalue weighted by molar-refractivity contribution is 0.0731. The van der Waals surface area contributed by atoms with Crippen LogP contribution in [0, 0.1) is 6.92 Å². The van der Waals surface area contributed by atoms with Crippen molar-refractivity contribution in [2.24, 2.45) is 0 Å². The van der Waals surface area contributed by atoms with E-state index in [0.29, 0.717) is 16.7 Å². The number of esters is 1. The number of carbonyl (C=O) groups is 3. The van der Waals surface area contributed by atoms with Gasteiger partial charge in [-0.3, -0.25) is 9.59 Å². The molecule has 0 aliphatic carbocycles. The Morgan fingerprint density at radius 1 is 0.778 bits per heavy atom. The lowest BCUT2D eigenvalue weighted by Crippen LogP contribution is -2.30. The first kappa shape index (κ1) is 16.7. The lowest BCUT2D eigenvalue weighted by Gasteiger charge is -2.18. The Hall–Kier alpha value is -3.73. The minimum Gasteiger partial charge on any atom is -0.421 e. The van der Waals surface area contributed by atoms with Gasteiger partial charge >= 0.3 is 5.97 Å². The Kier molecular flexibility index (Phi) is 4.05. The summed E-state index contributed by atoms with van der Waals surface area (Å²) in [7, 11) is 0. The van der Waals surface area contributed by atoms with Crippen molar-refractivity contribution in [3.05, 3.63) is 95.1 Å². The SMILES string of the molecule is Cc1ccccc1C(=O)Oc1ccccc1N1C(=O)c2ccccc2C1=O. The van der Waals surface area contributed by atoms with Crippen LogP contribution in [-0.2, 0) is 0 Å². The van der Waals surface area contributed by atoms with Gasteiger partial charge in [-0.05, 0) is 42.8 Å². The minimum atomic E-state index is -0.544. The highest BCUT2D eigenvalue weighted by Gasteiger charge is 2.37. The van der Waals surface area contributed by atoms with Crippen molar-refractivity contribution in [2.75, 3.05) is 4.90 Å². The van der Waals surface area contributed by atoms with Crippen molar-refractivity contribution in [2.45, 2.75) is 6.92 Å². The molecule has 0 fully saturated rings. The van der Waals surface area contributed by atoms with Crippen molar-refractivity contribution < 1.29 is 19.1 Å². The summed E-state index contributed by atoms with van der Waals surface area (Å²) >= 11 is 0. The molecule has 0 spiro atoms. The molecule has 27 heavy (non-hydrogen) atoms. The molecule has 3 aromatic rings. The zero-order chi connectivity index (χ0) is 19.0. The van der Waals surface area contributed by atoms with Gasteiger partial charge in [0, 0.05) is 0 Å². The number of benzene rings is 3. The predicted molar refractivity (Wildman–Crippen MR) is 100 cm³/mol. The van der Waals surface area contributed by atoms with Crippen LogP contribution >= 0.6 is 0 Å². The Labute approximate surface area is 155 Å². The summed E-state index contributed by atoms with van der Waals surface area (Å²) in [5.74, 6) is -1.26. The normalized spacial score (nSPS) is 12.9. The number of rotatable bonds is 3. The van der Waals surface area contributed by atoms with Crippen LogP contribution in [0.4, 0.5) is 5.69 Å². The highest BCUT2D eigenvalue weighted by atomic mass is 16.5. The van der Waals surface area contributed by atoms with Gasteiger partial charge in [-0.15, -0.1) is 0 Å². The van der Waals surface area contributed by atoms with Crippen LogP contribution in [0.15, 0.2) is 72.8 Å². The number of ether oxygens (including phenoxy) is 1. The van der Waals surface area contributed by atoms with Gasteiger partial charge < -0.3 is 4.74 Å². The fourth-order valence-electron chi connectivity index (χ4n) is 3.09. The predicted octanol–water partition coefficient (Wildman–Crippen LogP) is 4.01. The van der Waals surface area contributed by atoms with Crippen LogP contribution in [-0.4, -0.2) is 17.8 Å². The topological polar surface area (TPSA) is 63.7 Å². The van der Waals surface area contributed by atoms with Crippen LogP contribution in [0.25, 0.3) is 0 Å². The molecule has 0 aromatic heterocycles. The van der Waals surface area contributed by atoms with Crippen molar-refractivity contribution in [3.8, 4) is 5.75 Å². The number of anilines is 1. The first-order chi connectivity index (χ1) is 13.1. The second-order valence-corrected chi connectivity index (χ2v) is 6.16. The van der Waals surface area contributed by atoms with Crippen molar-refractivity contribution >= 4 is 23.5 Å². The summed E-state index contributed by atoms with van der Waals surface area (Å²) in [6.07, 6.45) is 0. The highest BCUT2D eigenvalue weighted by molar-refractivity contribution is 6.34. The van der Waals surface area contributed by atoms with E-state index < -0.39 is 17.8 Å². The Morgan fingerprint density at radius 2 is 1.33 bits per heavy atom. The van der Waals surface area contributed by atoms with Crippen LogP contribution in [0.2, 0.25) is 0 Å². The first-order valence-electron chi connectivity index (χ1n) is 8.42. The zero-order valence-electron chi connectivity index (χ0n) is 14.5. The number of fused-ring (bicyclic) bond motifs is 1. The third kappa shape index (κ3) is 2.79. The molecule has 5 heteroatoms. The molecule has 4 rings (SSSR count). The monoisotopic (exact) mass is 357 g/mol. The van der Waals surface area contributed by atoms with Crippen molar-refractivity contribution in [1.29, 1.82) is 0 Å². The van der Waals surface area contributed by atoms with E-state index in [0.717, 1.165) is 10.5 Å². The molecule has 1 aliphatic rings. The van der Waals surface area contributed by atoms with E-state index in [1.165, 1.54) is 0 Å². The quantitative estimate of drug-likeness (QED) is 0.404. The second kappa shape index (κ2) is 6.53. The van der Waals surface area contributed by atoms with E-state index in [2.05, 4.69) is 0 Å². The van der Waals surface area contributed by atoms with E-state index >= 15 is 0 Å². The number of amides is 2. The number of aryl methyl sites for hydroxylation is 1. The molecule has 1 aliphatic heterocycles. The fraction of sp³-hybridized carbons (Fsp3) is 0.0455. The van der Waals surface area contributed by atoms with Crippen molar-refractivity contribution in [1.82, 2.24) is 0 Å². The molecule has 0 atom stereocenters. The van der Waals surface area contributed by atoms with Gasteiger partial charge in [0.15, 0.2) is 5.75 Å². The van der Waals surface area contributed by atoms with Crippen LogP contribution in [0.3, 0.4) is 0 Å². The van der Waals surface area contributed by atoms with Gasteiger partial charge in [0.2, 0.25) is 0 Å². The van der Waals surface area contributed by atoms with E-state index in [9.17, 15) is 14.4 Å². The molecule has 5 nitrogen and oxygen atoms in total. The highest BCUT2D eigenvalue weighted by Crippen LogP contribution is 2.35. The maximum atomic E-state index is 12.7. The Bertz CT molecular complexity index is 1050. The fourth-order valence-corrected chi connectivity index (χ4v) is 3.09. The van der Waals surface area contributed by atoms with Crippen LogP contribution in [0.5, 0.6) is 5.75 Å². The van der Waals surface area contributed by atoms with Crippen LogP contribution < -0.4 is 9.64 Å². The van der Waals surface area contributed by atoms with E-state index in [-0.39, 0.29) is 11.4 Å². The largest absolute Gasteiger partial charge is 0.421 e. The number of imide groups is 1. The Balaban J connectivity index is 1.71. The molecular formula is C22H15NO4. The van der Waals surface area contributed by atoms with Gasteiger partial charge in [-0.25, -0.2) is 9.69 Å². The molecule has 0 N–H and O–H groups in total. The number of carbonyl (C=O) groups excluding carboxylic acids is 3. The maximum Gasteiger partial charge on any atom is 0.343 e. The van der Waals surface area contributed by atoms with Gasteiger partial charge in [-0.1, -0.05) is 42.5 Å². The average molecular weight is 357 g/mol. The molecule has 132 valence electrons. The van der Waals surface area contributed by atoms with Gasteiger partial charge in [0.05, 0.1) is 22.4 Å². The number of hydrogen-bond donors (Lipinski definition) is 0. The first-order valence-corrected chi connectivity index (χ1v) is 8.42. The third-order valence-corrected chi connectivity index (χ3v) is 4.47. The lowest BCUT2D eigenvalue weighted by atomic mass is 10.1. The third-order valence-electron chi connectivity index (χ3n) is 4.47. The van der Waals surface area contributed by atoms with Gasteiger partial charge in [0.25, 0.3) is 11.8 Å². The summed E-state index contributed by atoms with van der Waals surface area (Å²) in [4.78, 5) is 39.1. The van der Waals surface area contributed by atoms with Crippen molar-refractivity contribution in [3.63, 3.8) is 0 Å². The van der Waals surface area contributed by atoms with Gasteiger partial charge in [0.1, 0.15) is 0 Å². The second-order valence-electron chi connectivity index (χ2n) is 6.16. The number of nitrogens with zero attached hydrogens (tertiary/aromatic N) is 1. The molecule has 0 bridgehead atoms. The van der Waals surface area contributed by atoms with E-state index in [1.807, 2.05) is 19.1 Å². The summed E-state index contributed by atoms with van der Waals surface area (Å²) in [5.41, 5.74) is 2.12. The Morgan fingerprint density at radius 3 is 2.00 bits per heavy atom. The van der Waals surface area contributed by atoms with E-state index in [1.54, 1.807) is 60.7 Å². The molecule has 3 aromatic carbocycles. The summed E-state index contributed by atoms with van der Waals surface area (Å²) in [6.45, 7) is 1.81. The summed E-state index contributed by atoms with van der Waals surface area (Å²) in [5, 5.41) is 0. The summed E-state index contributed by atoms with van der Waals surface area (Å²) < 4.78 is 5.54. The average Bonchev–Trinajstić information content (AvgIpc) is 2.94. The molecule has 0 unspecified atom stereocenters. The zero-order valence-corrected chi connectivity index (χ0v) is 14.5. The van der Waals surface area contributed by atoms with Crippen LogP contribution in [0.1, 0.15) is 36.6 Å². The smallest absolute Gasteiger partial charge is 0.343 e. The molecule has 0 saturated heterocycles. The van der Waals surface area contributed by atoms with Gasteiger partial charge in [-0.2, -0.15) is 0 Å². The molecule has 0 saturated carbocycles. The number of hydrogen-bond acceptors (Lipinski definition) is 4. The molecule has 0 radical (unpaired) electrons.